The number of thiazole rings is 1. The number of rotatable bonds is 3. The largest absolute Gasteiger partial charge is 0.464 e. The van der Waals surface area contributed by atoms with E-state index >= 15 is 0 Å². The number of carbonyl (C=O) groups excluding carboxylic acids is 1. The molecule has 1 rings (SSSR count). The van der Waals surface area contributed by atoms with E-state index in [1.54, 1.807) is 0 Å². The Hall–Kier alpha value is -1.63. The zero-order chi connectivity index (χ0) is 13.1. The van der Waals surface area contributed by atoms with E-state index in [0.717, 1.165) is 18.4 Å². The highest BCUT2D eigenvalue weighted by Crippen LogP contribution is 2.12. The first-order valence-electron chi connectivity index (χ1n) is 4.89. The first-order valence-corrected chi connectivity index (χ1v) is 4.27. The van der Waals surface area contributed by atoms with E-state index in [1.807, 2.05) is 0 Å². The van der Waals surface area contributed by atoms with E-state index in [9.17, 15) is 4.79 Å². The molecule has 0 aliphatic carbocycles. The van der Waals surface area contributed by atoms with Gasteiger partial charge in [-0.3, -0.25) is 0 Å². The van der Waals surface area contributed by atoms with E-state index in [-0.39, 0.29) is 16.5 Å². The van der Waals surface area contributed by atoms with Gasteiger partial charge in [-0.25, -0.2) is 9.78 Å². The van der Waals surface area contributed by atoms with E-state index in [4.69, 9.17) is 9.85 Å². The number of anilines is 1. The number of aromatic nitrogens is 1. The lowest BCUT2D eigenvalue weighted by atomic mass is 10.3. The number of nitrogens with zero attached hydrogens (tertiary/aromatic N) is 2. The summed E-state index contributed by atoms with van der Waals surface area (Å²) >= 11 is 1.08. The fraction of sp³-hybridized carbons (Fsp3) is 0.286. The van der Waals surface area contributed by atoms with Gasteiger partial charge in [-0.2, -0.15) is 0 Å². The Labute approximate surface area is 88.5 Å². The minimum absolute atomic E-state index is 0.101. The number of nitrogens with two attached hydrogens (primary N) is 1. The summed E-state index contributed by atoms with van der Waals surface area (Å²) in [4.78, 5) is 19.3. The molecule has 0 bridgehead atoms. The van der Waals surface area contributed by atoms with Gasteiger partial charge in [-0.15, -0.1) is 11.3 Å². The third-order valence-electron chi connectivity index (χ3n) is 1.28. The van der Waals surface area contributed by atoms with Gasteiger partial charge in [-0.1, -0.05) is 5.16 Å². The fourth-order valence-corrected chi connectivity index (χ4v) is 1.28. The Morgan fingerprint density at radius 3 is 3.14 bits per heavy atom. The van der Waals surface area contributed by atoms with Crippen LogP contribution >= 0.6 is 11.3 Å². The topological polar surface area (TPSA) is 86.8 Å². The van der Waals surface area contributed by atoms with Crippen molar-refractivity contribution < 1.29 is 18.5 Å². The van der Waals surface area contributed by atoms with Crippen molar-refractivity contribution in [3.63, 3.8) is 0 Å². The van der Waals surface area contributed by atoms with E-state index < -0.39 is 13.0 Å². The highest BCUT2D eigenvalue weighted by atomic mass is 32.1. The molecule has 1 aromatic heterocycles. The lowest BCUT2D eigenvalue weighted by Crippen LogP contribution is -2.18. The molecule has 2 N–H and O–H groups in total. The molecule has 1 heterocycles. The molecule has 0 aliphatic rings. The van der Waals surface area contributed by atoms with Crippen molar-refractivity contribution in [3.8, 4) is 0 Å². The molecule has 0 amide bonds. The second-order valence-electron chi connectivity index (χ2n) is 2.09. The van der Waals surface area contributed by atoms with Crippen LogP contribution in [0.3, 0.4) is 0 Å². The predicted octanol–water partition coefficient (Wildman–Crippen LogP) is 0.249. The molecule has 0 spiro atoms. The van der Waals surface area contributed by atoms with Crippen LogP contribution in [0.4, 0.5) is 5.13 Å². The molecular formula is C7H9N3O3S. The SMILES string of the molecule is [2H]C([2H])([2H])O/N=C(\C(=O)OC)c1csc(N)n1. The summed E-state index contributed by atoms with van der Waals surface area (Å²) in [6.07, 6.45) is 0. The Balaban J connectivity index is 3.00. The summed E-state index contributed by atoms with van der Waals surface area (Å²) in [5.74, 6) is -0.862. The average molecular weight is 218 g/mol. The lowest BCUT2D eigenvalue weighted by Gasteiger charge is -1.98. The number of methoxy groups -OCH3 is 1. The highest BCUT2D eigenvalue weighted by molar-refractivity contribution is 7.13. The minimum atomic E-state index is -2.75. The van der Waals surface area contributed by atoms with Gasteiger partial charge in [0.2, 0.25) is 5.71 Å². The molecule has 14 heavy (non-hydrogen) atoms. The Bertz CT molecular complexity index is 443. The normalized spacial score (nSPS) is 15.2. The summed E-state index contributed by atoms with van der Waals surface area (Å²) in [6, 6.07) is 0. The molecule has 0 aromatic carbocycles. The van der Waals surface area contributed by atoms with Crippen molar-refractivity contribution in [3.05, 3.63) is 11.1 Å². The second kappa shape index (κ2) is 4.56. The zero-order valence-electron chi connectivity index (χ0n) is 10.2. The van der Waals surface area contributed by atoms with Crippen LogP contribution in [0.25, 0.3) is 0 Å². The number of hydrogen-bond donors (Lipinski definition) is 1. The number of carbonyl (C=O) groups is 1. The van der Waals surface area contributed by atoms with Crippen LogP contribution in [0, 0.1) is 0 Å². The van der Waals surface area contributed by atoms with Crippen molar-refractivity contribution >= 4 is 28.1 Å². The van der Waals surface area contributed by atoms with Crippen molar-refractivity contribution in [1.29, 1.82) is 0 Å². The van der Waals surface area contributed by atoms with Gasteiger partial charge in [-0.05, 0) is 0 Å². The Kier molecular flexibility index (Phi) is 2.21. The minimum Gasteiger partial charge on any atom is -0.464 e. The van der Waals surface area contributed by atoms with Gasteiger partial charge >= 0.3 is 5.97 Å². The molecule has 0 radical (unpaired) electrons. The molecule has 6 nitrogen and oxygen atoms in total. The number of oxime groups is 1. The maximum absolute atomic E-state index is 11.3. The van der Waals surface area contributed by atoms with Crippen LogP contribution in [-0.2, 0) is 14.4 Å². The quantitative estimate of drug-likeness (QED) is 0.446. The van der Waals surface area contributed by atoms with Crippen LogP contribution in [-0.4, -0.2) is 30.8 Å². The number of ether oxygens (including phenoxy) is 1. The van der Waals surface area contributed by atoms with Gasteiger partial charge in [0.1, 0.15) is 12.7 Å². The highest BCUT2D eigenvalue weighted by Gasteiger charge is 2.18. The molecule has 0 saturated carbocycles. The monoisotopic (exact) mass is 218 g/mol. The lowest BCUT2D eigenvalue weighted by molar-refractivity contribution is -0.132. The number of hydrogen-bond acceptors (Lipinski definition) is 7. The molecule has 76 valence electrons. The summed E-state index contributed by atoms with van der Waals surface area (Å²) in [5.41, 5.74) is 5.14. The number of nitrogen functional groups attached to an aromatic ring is 1. The van der Waals surface area contributed by atoms with Crippen LogP contribution in [0.2, 0.25) is 0 Å². The molecular weight excluding hydrogens is 206 g/mol. The maximum Gasteiger partial charge on any atom is 0.362 e. The van der Waals surface area contributed by atoms with Gasteiger partial charge in [0.05, 0.1) is 11.2 Å². The molecule has 1 aromatic rings. The van der Waals surface area contributed by atoms with Crippen molar-refractivity contribution in [2.75, 3.05) is 19.9 Å². The molecule has 0 saturated heterocycles. The van der Waals surface area contributed by atoms with Crippen molar-refractivity contribution in [1.82, 2.24) is 4.98 Å². The summed E-state index contributed by atoms with van der Waals surface area (Å²) in [7, 11) is -1.62. The van der Waals surface area contributed by atoms with Gasteiger partial charge < -0.3 is 15.3 Å². The van der Waals surface area contributed by atoms with Crippen LogP contribution in [0.1, 0.15) is 9.81 Å². The summed E-state index contributed by atoms with van der Waals surface area (Å²) < 4.78 is 24.8. The maximum atomic E-state index is 11.3. The van der Waals surface area contributed by atoms with Crippen molar-refractivity contribution in [2.45, 2.75) is 0 Å². The molecule has 0 fully saturated rings. The Morgan fingerprint density at radius 1 is 1.86 bits per heavy atom. The Morgan fingerprint density at radius 2 is 2.64 bits per heavy atom. The van der Waals surface area contributed by atoms with Crippen molar-refractivity contribution in [2.24, 2.45) is 5.16 Å². The van der Waals surface area contributed by atoms with Gasteiger partial charge in [0.25, 0.3) is 0 Å². The fourth-order valence-electron chi connectivity index (χ4n) is 0.727. The number of esters is 1. The molecule has 0 atom stereocenters. The third kappa shape index (κ3) is 2.19. The summed E-state index contributed by atoms with van der Waals surface area (Å²) in [6.45, 7) is 0. The first kappa shape index (κ1) is 6.77. The standard InChI is InChI=1S/C7H9N3O3S/c1-12-6(11)5(10-13-2)4-3-14-7(8)9-4/h3H,1-2H3,(H2,8,9)/b10-5-/i2D3. The van der Waals surface area contributed by atoms with Crippen LogP contribution < -0.4 is 5.73 Å². The van der Waals surface area contributed by atoms with E-state index in [0.29, 0.717) is 0 Å². The van der Waals surface area contributed by atoms with Gasteiger partial charge in [0, 0.05) is 5.38 Å². The average Bonchev–Trinajstić information content (AvgIpc) is 2.63. The summed E-state index contributed by atoms with van der Waals surface area (Å²) in [5, 5.41) is 4.87. The second-order valence-corrected chi connectivity index (χ2v) is 2.98. The zero-order valence-corrected chi connectivity index (χ0v) is 8.00. The molecule has 0 unspecified atom stereocenters. The smallest absolute Gasteiger partial charge is 0.362 e. The first-order chi connectivity index (χ1) is 7.83. The van der Waals surface area contributed by atoms with Crippen LogP contribution in [0.15, 0.2) is 10.5 Å². The molecule has 0 aliphatic heterocycles. The molecule has 7 heteroatoms. The van der Waals surface area contributed by atoms with Crippen LogP contribution in [0.5, 0.6) is 0 Å². The van der Waals surface area contributed by atoms with E-state index in [1.165, 1.54) is 5.38 Å². The van der Waals surface area contributed by atoms with Gasteiger partial charge in [0.15, 0.2) is 5.13 Å². The van der Waals surface area contributed by atoms with E-state index in [2.05, 4.69) is 19.7 Å². The third-order valence-corrected chi connectivity index (χ3v) is 1.95. The predicted molar refractivity (Wildman–Crippen MR) is 52.1 cm³/mol.